The van der Waals surface area contributed by atoms with E-state index in [2.05, 4.69) is 15.0 Å². The average molecular weight is 404 g/mol. The summed E-state index contributed by atoms with van der Waals surface area (Å²) in [6, 6.07) is 15.5. The zero-order valence-corrected chi connectivity index (χ0v) is 17.0. The summed E-state index contributed by atoms with van der Waals surface area (Å²) in [5.74, 6) is 2.54. The molecular weight excluding hydrogens is 380 g/mol. The summed E-state index contributed by atoms with van der Waals surface area (Å²) in [7, 11) is 1.64. The second-order valence-electron chi connectivity index (χ2n) is 7.86. The smallest absolute Gasteiger partial charge is 0.235 e. The number of carbonyl (C=O) groups is 1. The molecule has 3 aromatic rings. The highest BCUT2D eigenvalue weighted by Crippen LogP contribution is 2.50. The van der Waals surface area contributed by atoms with Crippen LogP contribution in [0.1, 0.15) is 18.5 Å². The molecule has 1 aliphatic heterocycles. The fourth-order valence-corrected chi connectivity index (χ4v) is 4.10. The number of anilines is 1. The van der Waals surface area contributed by atoms with Crippen LogP contribution in [0, 0.1) is 0 Å². The molecule has 1 aromatic carbocycles. The number of methoxy groups -OCH3 is 1. The normalized spacial score (nSPS) is 17.6. The van der Waals surface area contributed by atoms with E-state index in [1.807, 2.05) is 53.4 Å². The van der Waals surface area contributed by atoms with Gasteiger partial charge in [0.15, 0.2) is 5.76 Å². The van der Waals surface area contributed by atoms with Crippen LogP contribution in [0.4, 0.5) is 5.82 Å². The zero-order valence-electron chi connectivity index (χ0n) is 17.0. The van der Waals surface area contributed by atoms with Crippen LogP contribution >= 0.6 is 0 Å². The SMILES string of the molecule is COc1cccc(-c2cc(C3(C(=O)N4CCN(c5ccccn5)CC4)CC3)no2)c1. The van der Waals surface area contributed by atoms with Crippen molar-refractivity contribution in [1.82, 2.24) is 15.0 Å². The molecular formula is C23H24N4O3. The summed E-state index contributed by atoms with van der Waals surface area (Å²) in [5, 5.41) is 4.28. The van der Waals surface area contributed by atoms with Gasteiger partial charge in [0, 0.05) is 44.0 Å². The first-order chi connectivity index (χ1) is 14.7. The Kier molecular flexibility index (Phi) is 4.65. The standard InChI is InChI=1S/C23H24N4O3/c1-29-18-6-4-5-17(15-18)19-16-20(25-30-19)23(8-9-23)22(28)27-13-11-26(12-14-27)21-7-2-3-10-24-21/h2-7,10,15-16H,8-9,11-14H2,1H3. The maximum atomic E-state index is 13.4. The summed E-state index contributed by atoms with van der Waals surface area (Å²) >= 11 is 0. The van der Waals surface area contributed by atoms with Crippen molar-refractivity contribution in [3.8, 4) is 17.1 Å². The molecule has 1 aliphatic carbocycles. The molecule has 3 heterocycles. The number of carbonyl (C=O) groups excluding carboxylic acids is 1. The fraction of sp³-hybridized carbons (Fsp3) is 0.348. The molecule has 1 amide bonds. The first-order valence-corrected chi connectivity index (χ1v) is 10.3. The quantitative estimate of drug-likeness (QED) is 0.651. The Labute approximate surface area is 175 Å². The molecule has 0 N–H and O–H groups in total. The van der Waals surface area contributed by atoms with E-state index in [0.29, 0.717) is 18.8 Å². The van der Waals surface area contributed by atoms with Crippen molar-refractivity contribution in [2.45, 2.75) is 18.3 Å². The van der Waals surface area contributed by atoms with Crippen molar-refractivity contribution in [2.24, 2.45) is 0 Å². The Morgan fingerprint density at radius 3 is 2.60 bits per heavy atom. The number of rotatable bonds is 5. The maximum absolute atomic E-state index is 13.4. The van der Waals surface area contributed by atoms with Crippen LogP contribution in [0.15, 0.2) is 59.3 Å². The topological polar surface area (TPSA) is 71.7 Å². The number of benzene rings is 1. The summed E-state index contributed by atoms with van der Waals surface area (Å²) < 4.78 is 10.9. The van der Waals surface area contributed by atoms with Crippen molar-refractivity contribution >= 4 is 11.7 Å². The fourth-order valence-electron chi connectivity index (χ4n) is 4.10. The first kappa shape index (κ1) is 18.7. The van der Waals surface area contributed by atoms with Gasteiger partial charge in [-0.15, -0.1) is 0 Å². The lowest BCUT2D eigenvalue weighted by molar-refractivity contribution is -0.134. The van der Waals surface area contributed by atoms with Gasteiger partial charge in [0.25, 0.3) is 0 Å². The minimum atomic E-state index is -0.534. The molecule has 1 saturated heterocycles. The molecule has 0 atom stereocenters. The van der Waals surface area contributed by atoms with Crippen LogP contribution in [0.25, 0.3) is 11.3 Å². The molecule has 0 radical (unpaired) electrons. The summed E-state index contributed by atoms with van der Waals surface area (Å²) in [6.07, 6.45) is 3.43. The lowest BCUT2D eigenvalue weighted by Crippen LogP contribution is -2.51. The van der Waals surface area contributed by atoms with Gasteiger partial charge in [0.1, 0.15) is 11.6 Å². The largest absolute Gasteiger partial charge is 0.497 e. The predicted molar refractivity (Wildman–Crippen MR) is 112 cm³/mol. The van der Waals surface area contributed by atoms with E-state index < -0.39 is 5.41 Å². The Balaban J connectivity index is 1.29. The summed E-state index contributed by atoms with van der Waals surface area (Å²) in [4.78, 5) is 22.0. The Hall–Kier alpha value is -3.35. The molecule has 7 heteroatoms. The molecule has 2 aliphatic rings. The molecule has 154 valence electrons. The van der Waals surface area contributed by atoms with Crippen LogP contribution in [-0.4, -0.2) is 54.2 Å². The number of pyridine rings is 1. The highest BCUT2D eigenvalue weighted by Gasteiger charge is 2.55. The van der Waals surface area contributed by atoms with Gasteiger partial charge in [-0.1, -0.05) is 23.4 Å². The van der Waals surface area contributed by atoms with Gasteiger partial charge < -0.3 is 19.1 Å². The number of amides is 1. The van der Waals surface area contributed by atoms with Crippen molar-refractivity contribution < 1.29 is 14.1 Å². The van der Waals surface area contributed by atoms with E-state index in [0.717, 1.165) is 48.8 Å². The van der Waals surface area contributed by atoms with Crippen LogP contribution in [-0.2, 0) is 10.2 Å². The van der Waals surface area contributed by atoms with Gasteiger partial charge in [-0.3, -0.25) is 4.79 Å². The molecule has 1 saturated carbocycles. The minimum absolute atomic E-state index is 0.161. The van der Waals surface area contributed by atoms with Crippen LogP contribution in [0.5, 0.6) is 5.75 Å². The van der Waals surface area contributed by atoms with Gasteiger partial charge in [0.05, 0.1) is 18.2 Å². The number of nitrogens with zero attached hydrogens (tertiary/aromatic N) is 4. The molecule has 2 fully saturated rings. The van der Waals surface area contributed by atoms with Crippen molar-refractivity contribution in [3.05, 3.63) is 60.4 Å². The lowest BCUT2D eigenvalue weighted by atomic mass is 9.99. The lowest BCUT2D eigenvalue weighted by Gasteiger charge is -2.36. The Morgan fingerprint density at radius 1 is 1.07 bits per heavy atom. The van der Waals surface area contributed by atoms with E-state index in [1.165, 1.54) is 0 Å². The van der Waals surface area contributed by atoms with Crippen molar-refractivity contribution in [3.63, 3.8) is 0 Å². The highest BCUT2D eigenvalue weighted by atomic mass is 16.5. The molecule has 30 heavy (non-hydrogen) atoms. The number of hydrogen-bond acceptors (Lipinski definition) is 6. The van der Waals surface area contributed by atoms with E-state index in [4.69, 9.17) is 9.26 Å². The maximum Gasteiger partial charge on any atom is 0.235 e. The third kappa shape index (κ3) is 3.30. The van der Waals surface area contributed by atoms with E-state index in [9.17, 15) is 4.79 Å². The van der Waals surface area contributed by atoms with Crippen LogP contribution < -0.4 is 9.64 Å². The van der Waals surface area contributed by atoms with E-state index in [1.54, 1.807) is 13.3 Å². The predicted octanol–water partition coefficient (Wildman–Crippen LogP) is 3.13. The van der Waals surface area contributed by atoms with Crippen molar-refractivity contribution in [2.75, 3.05) is 38.2 Å². The highest BCUT2D eigenvalue weighted by molar-refractivity contribution is 5.91. The number of aromatic nitrogens is 2. The van der Waals surface area contributed by atoms with Crippen LogP contribution in [0.2, 0.25) is 0 Å². The molecule has 0 spiro atoms. The third-order valence-electron chi connectivity index (χ3n) is 6.05. The molecule has 0 bridgehead atoms. The van der Waals surface area contributed by atoms with Crippen LogP contribution in [0.3, 0.4) is 0 Å². The molecule has 0 unspecified atom stereocenters. The zero-order chi connectivity index (χ0) is 20.6. The van der Waals surface area contributed by atoms with Gasteiger partial charge in [0.2, 0.25) is 5.91 Å². The van der Waals surface area contributed by atoms with Gasteiger partial charge in [-0.25, -0.2) is 4.98 Å². The Morgan fingerprint density at radius 2 is 1.90 bits per heavy atom. The van der Waals surface area contributed by atoms with Crippen molar-refractivity contribution in [1.29, 1.82) is 0 Å². The van der Waals surface area contributed by atoms with Gasteiger partial charge in [-0.05, 0) is 37.1 Å². The number of hydrogen-bond donors (Lipinski definition) is 0. The Bertz CT molecular complexity index is 1040. The second-order valence-corrected chi connectivity index (χ2v) is 7.86. The van der Waals surface area contributed by atoms with Gasteiger partial charge >= 0.3 is 0 Å². The summed E-state index contributed by atoms with van der Waals surface area (Å²) in [5.41, 5.74) is 1.09. The van der Waals surface area contributed by atoms with E-state index >= 15 is 0 Å². The summed E-state index contributed by atoms with van der Waals surface area (Å²) in [6.45, 7) is 2.95. The molecule has 2 aromatic heterocycles. The molecule has 5 rings (SSSR count). The third-order valence-corrected chi connectivity index (χ3v) is 6.05. The first-order valence-electron chi connectivity index (χ1n) is 10.3. The number of ether oxygens (including phenoxy) is 1. The number of piperazine rings is 1. The molecule has 7 nitrogen and oxygen atoms in total. The average Bonchev–Trinajstić information content (AvgIpc) is 3.48. The second kappa shape index (κ2) is 7.48. The minimum Gasteiger partial charge on any atom is -0.497 e. The van der Waals surface area contributed by atoms with Gasteiger partial charge in [-0.2, -0.15) is 0 Å². The van der Waals surface area contributed by atoms with E-state index in [-0.39, 0.29) is 5.91 Å². The monoisotopic (exact) mass is 404 g/mol.